The number of para-hydroxylation sites is 1. The van der Waals surface area contributed by atoms with Gasteiger partial charge in [-0.15, -0.1) is 0 Å². The molecule has 0 amide bonds. The molecule has 1 aromatic carbocycles. The Kier molecular flexibility index (Phi) is 4.21. The van der Waals surface area contributed by atoms with Crippen molar-refractivity contribution >= 4 is 0 Å². The second-order valence-corrected chi connectivity index (χ2v) is 6.08. The van der Waals surface area contributed by atoms with Gasteiger partial charge < -0.3 is 5.11 Å². The number of likely N-dealkylation sites (tertiary alicyclic amines) is 1. The highest BCUT2D eigenvalue weighted by molar-refractivity contribution is 5.33. The van der Waals surface area contributed by atoms with E-state index in [2.05, 4.69) is 10.00 Å². The zero-order valence-electron chi connectivity index (χ0n) is 13.4. The molecule has 7 heteroatoms. The maximum absolute atomic E-state index is 13.4. The van der Waals surface area contributed by atoms with Gasteiger partial charge >= 0.3 is 5.69 Å². The fourth-order valence-electron chi connectivity index (χ4n) is 3.29. The van der Waals surface area contributed by atoms with Crippen LogP contribution in [0.25, 0.3) is 0 Å². The van der Waals surface area contributed by atoms with Crippen LogP contribution >= 0.6 is 0 Å². The molecule has 0 saturated carbocycles. The van der Waals surface area contributed by atoms with Gasteiger partial charge in [0.2, 0.25) is 0 Å². The number of phenolic OH excluding ortho intramolecular Hbond substituents is 1. The number of nitrogens with zero attached hydrogens (tertiary/aromatic N) is 4. The van der Waals surface area contributed by atoms with E-state index in [-0.39, 0.29) is 17.5 Å². The monoisotopic (exact) mass is 320 g/mol. The van der Waals surface area contributed by atoms with E-state index in [0.717, 1.165) is 31.8 Å². The Morgan fingerprint density at radius 3 is 2.65 bits per heavy atom. The van der Waals surface area contributed by atoms with Gasteiger partial charge in [-0.1, -0.05) is 12.1 Å². The number of aromatic hydroxyl groups is 1. The number of hydrogen-bond donors (Lipinski definition) is 1. The van der Waals surface area contributed by atoms with Crippen molar-refractivity contribution in [2.24, 2.45) is 7.05 Å². The van der Waals surface area contributed by atoms with Gasteiger partial charge in [0, 0.05) is 38.3 Å². The first-order chi connectivity index (χ1) is 11.0. The van der Waals surface area contributed by atoms with Crippen molar-refractivity contribution in [2.45, 2.75) is 32.4 Å². The Bertz CT molecular complexity index is 760. The van der Waals surface area contributed by atoms with Gasteiger partial charge in [-0.3, -0.25) is 9.47 Å². The van der Waals surface area contributed by atoms with Crippen LogP contribution in [0.2, 0.25) is 0 Å². The molecule has 1 saturated heterocycles. The lowest BCUT2D eigenvalue weighted by molar-refractivity contribution is 0.175. The van der Waals surface area contributed by atoms with Gasteiger partial charge in [0.05, 0.1) is 0 Å². The van der Waals surface area contributed by atoms with Crippen molar-refractivity contribution < 1.29 is 9.50 Å². The third-order valence-corrected chi connectivity index (χ3v) is 4.51. The first-order valence-electron chi connectivity index (χ1n) is 7.78. The Hall–Kier alpha value is -2.15. The lowest BCUT2D eigenvalue weighted by Gasteiger charge is -2.32. The lowest BCUT2D eigenvalue weighted by Crippen LogP contribution is -2.37. The van der Waals surface area contributed by atoms with E-state index in [1.54, 1.807) is 23.7 Å². The first kappa shape index (κ1) is 15.7. The van der Waals surface area contributed by atoms with Crippen LogP contribution in [0.5, 0.6) is 5.75 Å². The Morgan fingerprint density at radius 1 is 1.35 bits per heavy atom. The molecule has 6 nitrogen and oxygen atoms in total. The topological polar surface area (TPSA) is 63.3 Å². The number of phenols is 1. The summed E-state index contributed by atoms with van der Waals surface area (Å²) in [7, 11) is 1.66. The maximum Gasteiger partial charge on any atom is 0.345 e. The van der Waals surface area contributed by atoms with Crippen molar-refractivity contribution in [2.75, 3.05) is 13.1 Å². The molecule has 0 bridgehead atoms. The molecule has 124 valence electrons. The van der Waals surface area contributed by atoms with E-state index in [0.29, 0.717) is 12.1 Å². The second-order valence-electron chi connectivity index (χ2n) is 6.08. The van der Waals surface area contributed by atoms with Gasteiger partial charge in [0.25, 0.3) is 0 Å². The minimum atomic E-state index is -0.588. The lowest BCUT2D eigenvalue weighted by atomic mass is 10.0. The molecule has 23 heavy (non-hydrogen) atoms. The number of hydrogen-bond acceptors (Lipinski definition) is 4. The second kappa shape index (κ2) is 6.16. The Balaban J connectivity index is 1.67. The highest BCUT2D eigenvalue weighted by atomic mass is 19.1. The summed E-state index contributed by atoms with van der Waals surface area (Å²) in [6.07, 6.45) is 1.67. The van der Waals surface area contributed by atoms with Crippen molar-refractivity contribution in [3.63, 3.8) is 0 Å². The summed E-state index contributed by atoms with van der Waals surface area (Å²) in [4.78, 5) is 14.3. The molecule has 2 heterocycles. The van der Waals surface area contributed by atoms with Gasteiger partial charge in [0.15, 0.2) is 11.6 Å². The summed E-state index contributed by atoms with van der Waals surface area (Å²) in [5, 5.41) is 13.9. The minimum Gasteiger partial charge on any atom is -0.505 e. The summed E-state index contributed by atoms with van der Waals surface area (Å²) in [5.41, 5.74) is 0.516. The smallest absolute Gasteiger partial charge is 0.345 e. The molecule has 0 aliphatic carbocycles. The summed E-state index contributed by atoms with van der Waals surface area (Å²) in [6.45, 7) is 3.94. The van der Waals surface area contributed by atoms with Crippen molar-refractivity contribution in [1.29, 1.82) is 0 Å². The normalized spacial score (nSPS) is 16.8. The van der Waals surface area contributed by atoms with Gasteiger partial charge in [-0.2, -0.15) is 5.10 Å². The predicted octanol–water partition coefficient (Wildman–Crippen LogP) is 1.57. The van der Waals surface area contributed by atoms with Crippen molar-refractivity contribution in [3.05, 3.63) is 45.9 Å². The predicted molar refractivity (Wildman–Crippen MR) is 83.8 cm³/mol. The average molecular weight is 320 g/mol. The standard InChI is InChI=1S/C16H21FN4O2/c1-11-18-19(2)16(23)21(11)13-6-8-20(9-7-13)10-12-4-3-5-14(17)15(12)22/h3-5,13,22H,6-10H2,1-2H3. The van der Waals surface area contributed by atoms with Crippen LogP contribution < -0.4 is 5.69 Å². The summed E-state index contributed by atoms with van der Waals surface area (Å²) in [6, 6.07) is 4.74. The zero-order chi connectivity index (χ0) is 16.6. The van der Waals surface area contributed by atoms with E-state index < -0.39 is 5.82 Å². The number of rotatable bonds is 3. The molecule has 3 rings (SSSR count). The molecule has 2 aromatic rings. The largest absolute Gasteiger partial charge is 0.505 e. The van der Waals surface area contributed by atoms with Gasteiger partial charge in [0.1, 0.15) is 5.82 Å². The Labute approximate surface area is 133 Å². The van der Waals surface area contributed by atoms with Crippen LogP contribution in [0.15, 0.2) is 23.0 Å². The van der Waals surface area contributed by atoms with E-state index >= 15 is 0 Å². The molecule has 1 N–H and O–H groups in total. The molecule has 0 spiro atoms. The van der Waals surface area contributed by atoms with Crippen molar-refractivity contribution in [1.82, 2.24) is 19.2 Å². The number of halogens is 1. The number of aromatic nitrogens is 3. The molecule has 0 atom stereocenters. The highest BCUT2D eigenvalue weighted by Crippen LogP contribution is 2.26. The van der Waals surface area contributed by atoms with Crippen LogP contribution in [-0.4, -0.2) is 37.4 Å². The number of aryl methyl sites for hydroxylation is 2. The van der Waals surface area contributed by atoms with Crippen LogP contribution in [0.1, 0.15) is 30.3 Å². The van der Waals surface area contributed by atoms with Gasteiger partial charge in [-0.25, -0.2) is 13.9 Å². The molecule has 1 aliphatic rings. The molecule has 1 aliphatic heterocycles. The SMILES string of the molecule is Cc1nn(C)c(=O)n1C1CCN(Cc2cccc(F)c2O)CC1. The number of benzene rings is 1. The number of piperidine rings is 1. The van der Waals surface area contributed by atoms with E-state index in [9.17, 15) is 14.3 Å². The molecule has 0 unspecified atom stereocenters. The maximum atomic E-state index is 13.4. The first-order valence-corrected chi connectivity index (χ1v) is 7.78. The third-order valence-electron chi connectivity index (χ3n) is 4.51. The zero-order valence-corrected chi connectivity index (χ0v) is 13.4. The fraction of sp³-hybridized carbons (Fsp3) is 0.500. The van der Waals surface area contributed by atoms with E-state index in [1.807, 2.05) is 6.92 Å². The van der Waals surface area contributed by atoms with Crippen molar-refractivity contribution in [3.8, 4) is 5.75 Å². The summed E-state index contributed by atoms with van der Waals surface area (Å²) in [5.74, 6) is -0.123. The average Bonchev–Trinajstić information content (AvgIpc) is 2.78. The third kappa shape index (κ3) is 3.01. The molecule has 0 radical (unpaired) electrons. The van der Waals surface area contributed by atoms with Crippen LogP contribution in [0.4, 0.5) is 4.39 Å². The van der Waals surface area contributed by atoms with Crippen LogP contribution in [0, 0.1) is 12.7 Å². The Morgan fingerprint density at radius 2 is 2.04 bits per heavy atom. The quantitative estimate of drug-likeness (QED) is 0.932. The fourth-order valence-corrected chi connectivity index (χ4v) is 3.29. The van der Waals surface area contributed by atoms with Crippen LogP contribution in [0.3, 0.4) is 0 Å². The van der Waals surface area contributed by atoms with E-state index in [4.69, 9.17) is 0 Å². The minimum absolute atomic E-state index is 0.0799. The molecule has 1 aromatic heterocycles. The highest BCUT2D eigenvalue weighted by Gasteiger charge is 2.24. The molecule has 1 fully saturated rings. The molecular weight excluding hydrogens is 299 g/mol. The van der Waals surface area contributed by atoms with E-state index in [1.165, 1.54) is 10.7 Å². The summed E-state index contributed by atoms with van der Waals surface area (Å²) < 4.78 is 16.5. The van der Waals surface area contributed by atoms with Gasteiger partial charge in [-0.05, 0) is 25.8 Å². The molecular formula is C16H21FN4O2. The van der Waals surface area contributed by atoms with Crippen LogP contribution in [-0.2, 0) is 13.6 Å². The summed E-state index contributed by atoms with van der Waals surface area (Å²) >= 11 is 0.